The summed E-state index contributed by atoms with van der Waals surface area (Å²) in [5.74, 6) is 1.73. The third-order valence-corrected chi connectivity index (χ3v) is 8.72. The molecule has 32 heavy (non-hydrogen) atoms. The van der Waals surface area contributed by atoms with Crippen LogP contribution < -0.4 is 0 Å². The highest BCUT2D eigenvalue weighted by molar-refractivity contribution is 8.01. The van der Waals surface area contributed by atoms with Gasteiger partial charge in [-0.3, -0.25) is 4.79 Å². The van der Waals surface area contributed by atoms with Gasteiger partial charge >= 0.3 is 5.97 Å². The molecule has 2 aliphatic carbocycles. The molecule has 0 saturated heterocycles. The van der Waals surface area contributed by atoms with E-state index in [1.165, 1.54) is 43.4 Å². The smallest absolute Gasteiger partial charge is 0.357 e. The number of carbonyl (C=O) groups is 2. The van der Waals surface area contributed by atoms with Crippen LogP contribution in [-0.4, -0.2) is 39.8 Å². The predicted octanol–water partition coefficient (Wildman–Crippen LogP) is 6.07. The second kappa shape index (κ2) is 12.3. The van der Waals surface area contributed by atoms with Gasteiger partial charge in [-0.25, -0.2) is 9.78 Å². The zero-order valence-electron chi connectivity index (χ0n) is 19.4. The number of carbonyl (C=O) groups excluding carboxylic acids is 2. The average Bonchev–Trinajstić information content (AvgIpc) is 3.36. The summed E-state index contributed by atoms with van der Waals surface area (Å²) in [6, 6.07) is 0. The Morgan fingerprint density at radius 3 is 2.88 bits per heavy atom. The van der Waals surface area contributed by atoms with Crippen molar-refractivity contribution in [2.45, 2.75) is 88.0 Å². The first-order valence-electron chi connectivity index (χ1n) is 12.0. The first-order chi connectivity index (χ1) is 15.4. The number of aromatic nitrogens is 1. The van der Waals surface area contributed by atoms with Gasteiger partial charge in [-0.2, -0.15) is 0 Å². The first-order valence-corrected chi connectivity index (χ1v) is 13.9. The number of thiazole rings is 1. The minimum atomic E-state index is -0.659. The maximum atomic E-state index is 12.4. The van der Waals surface area contributed by atoms with Crippen LogP contribution >= 0.6 is 23.1 Å². The lowest BCUT2D eigenvalue weighted by Gasteiger charge is -2.30. The number of rotatable bonds is 11. The van der Waals surface area contributed by atoms with Gasteiger partial charge in [-0.15, -0.1) is 11.3 Å². The van der Waals surface area contributed by atoms with Crippen LogP contribution in [0.2, 0.25) is 0 Å². The van der Waals surface area contributed by atoms with Gasteiger partial charge in [0.25, 0.3) is 0 Å². The van der Waals surface area contributed by atoms with E-state index in [0.29, 0.717) is 36.8 Å². The van der Waals surface area contributed by atoms with Crippen LogP contribution in [0.4, 0.5) is 0 Å². The van der Waals surface area contributed by atoms with Crippen LogP contribution in [0.1, 0.15) is 88.5 Å². The quantitative estimate of drug-likeness (QED) is 0.236. The molecule has 2 aliphatic rings. The van der Waals surface area contributed by atoms with Gasteiger partial charge in [0, 0.05) is 23.5 Å². The monoisotopic (exact) mass is 479 g/mol. The van der Waals surface area contributed by atoms with E-state index in [2.05, 4.69) is 17.1 Å². The highest BCUT2D eigenvalue weighted by atomic mass is 32.2. The second-order valence-electron chi connectivity index (χ2n) is 9.47. The number of ether oxygens (including phenoxy) is 1. The summed E-state index contributed by atoms with van der Waals surface area (Å²) >= 11 is 3.04. The number of thioether (sulfide) groups is 1. The standard InChI is InChI=1S/C25H37NO4S2/c1-3-30-23(28)21-17-32-24(26-21)31-15-13-20-19(11-12-22(20)27)10-7-14-25(2,29)16-18-8-5-4-6-9-18/h7,10,17-20,29H,3-6,8-9,11-16H2,1-2H3/b10-7+/t19-,20+,25?/m0/s1. The topological polar surface area (TPSA) is 76.5 Å². The van der Waals surface area contributed by atoms with Crippen molar-refractivity contribution in [2.24, 2.45) is 17.8 Å². The van der Waals surface area contributed by atoms with Gasteiger partial charge in [0.15, 0.2) is 10.0 Å². The molecule has 2 saturated carbocycles. The van der Waals surface area contributed by atoms with E-state index < -0.39 is 5.60 Å². The van der Waals surface area contributed by atoms with E-state index >= 15 is 0 Å². The molecule has 0 radical (unpaired) electrons. The maximum Gasteiger partial charge on any atom is 0.357 e. The number of Topliss-reactive ketones (excluding diaryl/α,β-unsaturated/α-hetero) is 1. The lowest BCUT2D eigenvalue weighted by Crippen LogP contribution is -2.28. The zero-order valence-corrected chi connectivity index (χ0v) is 21.0. The summed E-state index contributed by atoms with van der Waals surface area (Å²) in [5, 5.41) is 12.6. The highest BCUT2D eigenvalue weighted by Gasteiger charge is 2.33. The average molecular weight is 480 g/mol. The molecule has 3 atom stereocenters. The van der Waals surface area contributed by atoms with Crippen molar-refractivity contribution in [1.29, 1.82) is 0 Å². The number of hydrogen-bond donors (Lipinski definition) is 1. The number of esters is 1. The van der Waals surface area contributed by atoms with E-state index in [4.69, 9.17) is 4.74 Å². The van der Waals surface area contributed by atoms with Crippen molar-refractivity contribution in [3.8, 4) is 0 Å². The van der Waals surface area contributed by atoms with Crippen LogP contribution in [0.15, 0.2) is 21.9 Å². The summed E-state index contributed by atoms with van der Waals surface area (Å²) in [6.45, 7) is 4.08. The molecule has 3 rings (SSSR count). The number of ketones is 1. The number of hydrogen-bond acceptors (Lipinski definition) is 7. The normalized spacial score (nSPS) is 24.2. The lowest BCUT2D eigenvalue weighted by molar-refractivity contribution is -0.121. The summed E-state index contributed by atoms with van der Waals surface area (Å²) in [7, 11) is 0. The summed E-state index contributed by atoms with van der Waals surface area (Å²) < 4.78 is 5.82. The van der Waals surface area contributed by atoms with Crippen molar-refractivity contribution in [3.05, 3.63) is 23.2 Å². The molecule has 1 heterocycles. The molecule has 7 heteroatoms. The van der Waals surface area contributed by atoms with E-state index in [-0.39, 0.29) is 17.8 Å². The molecular formula is C25H37NO4S2. The molecule has 1 aromatic heterocycles. The van der Waals surface area contributed by atoms with Gasteiger partial charge in [0.2, 0.25) is 0 Å². The van der Waals surface area contributed by atoms with Crippen LogP contribution in [0, 0.1) is 17.8 Å². The first kappa shape index (κ1) is 25.4. The fourth-order valence-electron chi connectivity index (χ4n) is 5.03. The largest absolute Gasteiger partial charge is 0.461 e. The Kier molecular flexibility index (Phi) is 9.80. The van der Waals surface area contributed by atoms with Crippen LogP contribution in [0.5, 0.6) is 0 Å². The Balaban J connectivity index is 1.44. The highest BCUT2D eigenvalue weighted by Crippen LogP contribution is 2.36. The molecule has 5 nitrogen and oxygen atoms in total. The molecule has 0 aromatic carbocycles. The minimum absolute atomic E-state index is 0.0477. The molecule has 0 bridgehead atoms. The number of allylic oxidation sites excluding steroid dienone is 1. The van der Waals surface area contributed by atoms with E-state index in [1.807, 2.05) is 6.92 Å². The third kappa shape index (κ3) is 7.70. The Morgan fingerprint density at radius 1 is 1.34 bits per heavy atom. The van der Waals surface area contributed by atoms with Gasteiger partial charge in [0.05, 0.1) is 12.2 Å². The van der Waals surface area contributed by atoms with Crippen LogP contribution in [0.25, 0.3) is 0 Å². The molecule has 178 valence electrons. The Labute approximate surface area is 200 Å². The van der Waals surface area contributed by atoms with Gasteiger partial charge < -0.3 is 9.84 Å². The molecule has 2 fully saturated rings. The van der Waals surface area contributed by atoms with Crippen molar-refractivity contribution in [2.75, 3.05) is 12.4 Å². The number of nitrogens with zero attached hydrogens (tertiary/aromatic N) is 1. The summed E-state index contributed by atoms with van der Waals surface area (Å²) in [4.78, 5) is 28.5. The lowest BCUT2D eigenvalue weighted by atomic mass is 9.80. The number of aliphatic hydroxyl groups is 1. The summed E-state index contributed by atoms with van der Waals surface area (Å²) in [5.41, 5.74) is -0.300. The third-order valence-electron chi connectivity index (χ3n) is 6.67. The zero-order chi connectivity index (χ0) is 23.0. The van der Waals surface area contributed by atoms with Gasteiger partial charge in [0.1, 0.15) is 5.78 Å². The molecule has 1 unspecified atom stereocenters. The maximum absolute atomic E-state index is 12.4. The minimum Gasteiger partial charge on any atom is -0.461 e. The van der Waals surface area contributed by atoms with Crippen LogP contribution in [-0.2, 0) is 9.53 Å². The van der Waals surface area contributed by atoms with Gasteiger partial charge in [-0.05, 0) is 51.4 Å². The molecule has 0 amide bonds. The Hall–Kier alpha value is -1.18. The predicted molar refractivity (Wildman–Crippen MR) is 130 cm³/mol. The van der Waals surface area contributed by atoms with E-state index in [9.17, 15) is 14.7 Å². The molecular weight excluding hydrogens is 442 g/mol. The van der Waals surface area contributed by atoms with Crippen molar-refractivity contribution < 1.29 is 19.4 Å². The molecule has 1 N–H and O–H groups in total. The van der Waals surface area contributed by atoms with E-state index in [0.717, 1.165) is 29.4 Å². The van der Waals surface area contributed by atoms with Gasteiger partial charge in [-0.1, -0.05) is 56.0 Å². The SMILES string of the molecule is CCOC(=O)c1csc(SCC[C@H]2C(=O)CC[C@@H]2/C=C/CC(C)(O)CC2CCCCC2)n1. The van der Waals surface area contributed by atoms with Crippen molar-refractivity contribution >= 4 is 34.9 Å². The van der Waals surface area contributed by atoms with Crippen molar-refractivity contribution in [3.63, 3.8) is 0 Å². The molecule has 1 aromatic rings. The van der Waals surface area contributed by atoms with E-state index in [1.54, 1.807) is 24.1 Å². The van der Waals surface area contributed by atoms with Crippen molar-refractivity contribution in [1.82, 2.24) is 4.98 Å². The second-order valence-corrected chi connectivity index (χ2v) is 11.7. The fourth-order valence-corrected chi connectivity index (χ4v) is 6.92. The summed E-state index contributed by atoms with van der Waals surface area (Å²) in [6.07, 6.45) is 14.6. The van der Waals surface area contributed by atoms with Crippen LogP contribution in [0.3, 0.4) is 0 Å². The molecule has 0 spiro atoms. The Morgan fingerprint density at radius 2 is 2.12 bits per heavy atom. The Bertz CT molecular complexity index is 783. The molecule has 0 aliphatic heterocycles. The fraction of sp³-hybridized carbons (Fsp3) is 0.720.